The first-order chi connectivity index (χ1) is 13.1. The molecule has 0 saturated carbocycles. The van der Waals surface area contributed by atoms with Crippen molar-refractivity contribution in [2.75, 3.05) is 18.2 Å². The van der Waals surface area contributed by atoms with Crippen LogP contribution in [0.1, 0.15) is 6.42 Å². The first kappa shape index (κ1) is 19.5. The Balaban J connectivity index is 1.61. The van der Waals surface area contributed by atoms with E-state index in [0.29, 0.717) is 16.5 Å². The van der Waals surface area contributed by atoms with Gasteiger partial charge in [-0.25, -0.2) is 4.79 Å². The van der Waals surface area contributed by atoms with Gasteiger partial charge in [0.25, 0.3) is 0 Å². The van der Waals surface area contributed by atoms with Crippen LogP contribution in [-0.4, -0.2) is 24.0 Å². The van der Waals surface area contributed by atoms with E-state index in [1.165, 1.54) is 11.8 Å². The van der Waals surface area contributed by atoms with Crippen LogP contribution in [0.25, 0.3) is 5.69 Å². The number of carbonyl (C=O) groups is 1. The zero-order valence-electron chi connectivity index (χ0n) is 14.4. The van der Waals surface area contributed by atoms with Crippen molar-refractivity contribution in [1.29, 1.82) is 0 Å². The molecule has 0 aliphatic carbocycles. The number of benzene rings is 2. The third kappa shape index (κ3) is 5.13. The minimum atomic E-state index is -0.478. The van der Waals surface area contributed by atoms with Gasteiger partial charge in [-0.15, -0.1) is 0 Å². The van der Waals surface area contributed by atoms with Crippen molar-refractivity contribution in [3.63, 3.8) is 0 Å². The maximum Gasteiger partial charge on any atom is 0.442 e. The molecule has 0 unspecified atom stereocenters. The van der Waals surface area contributed by atoms with Crippen molar-refractivity contribution in [2.24, 2.45) is 0 Å². The van der Waals surface area contributed by atoms with E-state index in [1.54, 1.807) is 36.1 Å². The van der Waals surface area contributed by atoms with Crippen molar-refractivity contribution >= 4 is 45.9 Å². The molecule has 0 spiro atoms. The molecule has 1 heterocycles. The second-order valence-electron chi connectivity index (χ2n) is 5.47. The molecule has 0 aliphatic heterocycles. The number of carbonyl (C=O) groups excluding carboxylic acids is 1. The van der Waals surface area contributed by atoms with Crippen LogP contribution in [0.3, 0.4) is 0 Å². The lowest BCUT2D eigenvalue weighted by atomic mass is 10.3. The van der Waals surface area contributed by atoms with Crippen LogP contribution in [0.15, 0.2) is 62.9 Å². The Kier molecular flexibility index (Phi) is 6.56. The zero-order chi connectivity index (χ0) is 19.2. The molecule has 1 aromatic heterocycles. The number of ether oxygens (including phenoxy) is 1. The Morgan fingerprint density at radius 2 is 1.93 bits per heavy atom. The summed E-state index contributed by atoms with van der Waals surface area (Å²) in [4.78, 5) is 24.0. The normalized spacial score (nSPS) is 10.6. The lowest BCUT2D eigenvalue weighted by Gasteiger charge is -2.04. The Labute approximate surface area is 173 Å². The Morgan fingerprint density at radius 3 is 2.59 bits per heavy atom. The van der Waals surface area contributed by atoms with E-state index in [1.807, 2.05) is 24.3 Å². The highest BCUT2D eigenvalue weighted by atomic mass is 127. The molecule has 0 bridgehead atoms. The monoisotopic (exact) mass is 498 g/mol. The van der Waals surface area contributed by atoms with E-state index in [9.17, 15) is 9.59 Å². The first-order valence-electron chi connectivity index (χ1n) is 8.03. The molecule has 0 radical (unpaired) electrons. The number of hydrogen-bond acceptors (Lipinski definition) is 5. The minimum absolute atomic E-state index is 0.111. The maximum absolute atomic E-state index is 12.1. The summed E-state index contributed by atoms with van der Waals surface area (Å²) in [5, 5.41) is 5.79. The largest absolute Gasteiger partial charge is 0.497 e. The second kappa shape index (κ2) is 9.09. The second-order valence-corrected chi connectivity index (χ2v) is 7.80. The molecule has 140 valence electrons. The summed E-state index contributed by atoms with van der Waals surface area (Å²) in [6, 6.07) is 14.7. The van der Waals surface area contributed by atoms with E-state index in [-0.39, 0.29) is 12.3 Å². The Morgan fingerprint density at radius 1 is 1.22 bits per heavy atom. The lowest BCUT2D eigenvalue weighted by molar-refractivity contribution is -0.704. The predicted molar refractivity (Wildman–Crippen MR) is 111 cm³/mol. The summed E-state index contributed by atoms with van der Waals surface area (Å²) in [5.74, 6) is 1.04. The van der Waals surface area contributed by atoms with Gasteiger partial charge in [0, 0.05) is 33.6 Å². The molecule has 1 amide bonds. The smallest absolute Gasteiger partial charge is 0.442 e. The van der Waals surface area contributed by atoms with Crippen LogP contribution in [0.5, 0.6) is 5.75 Å². The summed E-state index contributed by atoms with van der Waals surface area (Å²) in [7, 11) is 1.59. The molecule has 0 atom stereocenters. The summed E-state index contributed by atoms with van der Waals surface area (Å²) in [5.41, 5.74) is 1.00. The fourth-order valence-corrected chi connectivity index (χ4v) is 3.56. The van der Waals surface area contributed by atoms with Crippen molar-refractivity contribution in [3.8, 4) is 11.4 Å². The van der Waals surface area contributed by atoms with Crippen molar-refractivity contribution in [3.05, 3.63) is 62.5 Å². The molecule has 2 N–H and O–H groups in total. The van der Waals surface area contributed by atoms with Gasteiger partial charge in [0.2, 0.25) is 11.6 Å². The SMILES string of the molecule is COc1ccc(-[n+]2[nH]oc(=O)c2SCCC(=O)Nc2ccc(I)cc2)cc1. The molecular weight excluding hydrogens is 481 g/mol. The maximum atomic E-state index is 12.1. The summed E-state index contributed by atoms with van der Waals surface area (Å²) in [6.07, 6.45) is 0.268. The number of H-pyrrole nitrogens is 1. The molecule has 0 saturated heterocycles. The number of halogens is 1. The number of nitrogens with one attached hydrogen (secondary N) is 2. The number of methoxy groups -OCH3 is 1. The fraction of sp³-hybridized carbons (Fsp3) is 0.167. The first-order valence-corrected chi connectivity index (χ1v) is 10.1. The van der Waals surface area contributed by atoms with E-state index in [2.05, 4.69) is 33.2 Å². The van der Waals surface area contributed by atoms with Gasteiger partial charge in [-0.1, -0.05) is 0 Å². The Hall–Kier alpha value is -2.27. The van der Waals surface area contributed by atoms with Gasteiger partial charge in [-0.3, -0.25) is 9.32 Å². The standard InChI is InChI=1S/C18H16IN3O4S/c1-25-15-8-6-14(7-9-15)22-17(18(24)26-21-22)27-11-10-16(23)20-13-4-2-12(19)3-5-13/h2-9H,10-11H2,1H3,(H-,20,21,23,24)/p+1. The van der Waals surface area contributed by atoms with Crippen molar-refractivity contribution < 1.29 is 18.7 Å². The summed E-state index contributed by atoms with van der Waals surface area (Å²) in [6.45, 7) is 0. The van der Waals surface area contributed by atoms with Crippen LogP contribution >= 0.6 is 34.4 Å². The minimum Gasteiger partial charge on any atom is -0.497 e. The molecule has 7 nitrogen and oxygen atoms in total. The number of thioether (sulfide) groups is 1. The van der Waals surface area contributed by atoms with Crippen molar-refractivity contribution in [2.45, 2.75) is 11.4 Å². The van der Waals surface area contributed by atoms with Gasteiger partial charge in [-0.2, -0.15) is 0 Å². The van der Waals surface area contributed by atoms with Crippen LogP contribution in [-0.2, 0) is 4.79 Å². The van der Waals surface area contributed by atoms with Gasteiger partial charge in [0.05, 0.1) is 7.11 Å². The molecule has 27 heavy (non-hydrogen) atoms. The number of anilines is 1. The summed E-state index contributed by atoms with van der Waals surface area (Å²) < 4.78 is 12.7. The average molecular weight is 498 g/mol. The van der Waals surface area contributed by atoms with E-state index < -0.39 is 5.63 Å². The highest BCUT2D eigenvalue weighted by Gasteiger charge is 2.24. The molecule has 0 fully saturated rings. The molecule has 9 heteroatoms. The Bertz CT molecular complexity index is 968. The topological polar surface area (TPSA) is 88.2 Å². The number of rotatable bonds is 7. The van der Waals surface area contributed by atoms with E-state index in [0.717, 1.165) is 14.9 Å². The fourth-order valence-electron chi connectivity index (χ4n) is 2.29. The highest BCUT2D eigenvalue weighted by Crippen LogP contribution is 2.16. The van der Waals surface area contributed by atoms with Crippen molar-refractivity contribution in [1.82, 2.24) is 5.27 Å². The van der Waals surface area contributed by atoms with Crippen LogP contribution in [0, 0.1) is 3.57 Å². The summed E-state index contributed by atoms with van der Waals surface area (Å²) >= 11 is 3.47. The van der Waals surface area contributed by atoms with Crippen LogP contribution < -0.4 is 20.4 Å². The number of nitrogens with zero attached hydrogens (tertiary/aromatic N) is 1. The third-order valence-electron chi connectivity index (χ3n) is 3.63. The quantitative estimate of drug-likeness (QED) is 0.297. The highest BCUT2D eigenvalue weighted by molar-refractivity contribution is 14.1. The average Bonchev–Trinajstić information content (AvgIpc) is 3.04. The number of amides is 1. The van der Waals surface area contributed by atoms with Gasteiger partial charge >= 0.3 is 10.7 Å². The number of hydrogen-bond donors (Lipinski definition) is 2. The van der Waals surface area contributed by atoms with E-state index in [4.69, 9.17) is 9.26 Å². The molecular formula is C18H17IN3O4S+. The number of aromatic amines is 1. The van der Waals surface area contributed by atoms with Crippen LogP contribution in [0.2, 0.25) is 0 Å². The zero-order valence-corrected chi connectivity index (χ0v) is 17.4. The molecule has 2 aromatic carbocycles. The third-order valence-corrected chi connectivity index (χ3v) is 5.38. The van der Waals surface area contributed by atoms with Gasteiger partial charge < -0.3 is 10.1 Å². The number of aromatic nitrogens is 2. The molecule has 3 aromatic rings. The van der Waals surface area contributed by atoms with E-state index >= 15 is 0 Å². The predicted octanol–water partition coefficient (Wildman–Crippen LogP) is 2.98. The van der Waals surface area contributed by atoms with Gasteiger partial charge in [0.15, 0.2) is 0 Å². The van der Waals surface area contributed by atoms with Gasteiger partial charge in [-0.05, 0) is 80.7 Å². The molecule has 3 rings (SSSR count). The lowest BCUT2D eigenvalue weighted by Crippen LogP contribution is -2.36. The van der Waals surface area contributed by atoms with Crippen LogP contribution in [0.4, 0.5) is 5.69 Å². The van der Waals surface area contributed by atoms with Gasteiger partial charge in [0.1, 0.15) is 5.75 Å². The molecule has 0 aliphatic rings.